The Labute approximate surface area is 83.5 Å². The molecule has 0 unspecified atom stereocenters. The molecule has 2 heteroatoms. The van der Waals surface area contributed by atoms with E-state index in [1.165, 1.54) is 11.8 Å². The van der Waals surface area contributed by atoms with E-state index in [1.807, 2.05) is 30.5 Å². The molecule has 0 fully saturated rings. The van der Waals surface area contributed by atoms with Gasteiger partial charge in [-0.15, -0.1) is 0 Å². The van der Waals surface area contributed by atoms with Crippen molar-refractivity contribution in [3.63, 3.8) is 0 Å². The van der Waals surface area contributed by atoms with Crippen LogP contribution in [-0.4, -0.2) is 11.9 Å². The highest BCUT2D eigenvalue weighted by Crippen LogP contribution is 2.12. The van der Waals surface area contributed by atoms with Crippen LogP contribution in [0.5, 0.6) is 0 Å². The van der Waals surface area contributed by atoms with Crippen LogP contribution in [0.25, 0.3) is 0 Å². The van der Waals surface area contributed by atoms with Crippen LogP contribution in [0.2, 0.25) is 0 Å². The molecule has 0 aromatic heterocycles. The van der Waals surface area contributed by atoms with Gasteiger partial charge >= 0.3 is 0 Å². The summed E-state index contributed by atoms with van der Waals surface area (Å²) in [6, 6.07) is 7.95. The predicted molar refractivity (Wildman–Crippen MR) is 59.2 cm³/mol. The van der Waals surface area contributed by atoms with E-state index in [0.29, 0.717) is 0 Å². The summed E-state index contributed by atoms with van der Waals surface area (Å²) >= 11 is 0. The molecule has 2 rings (SSSR count). The van der Waals surface area contributed by atoms with Crippen LogP contribution in [0.15, 0.2) is 41.5 Å². The zero-order chi connectivity index (χ0) is 9.80. The number of aliphatic imine (C=N–C) groups is 1. The number of nitrogens with zero attached hydrogens (tertiary/aromatic N) is 1. The fourth-order valence-corrected chi connectivity index (χ4v) is 1.49. The summed E-state index contributed by atoms with van der Waals surface area (Å²) in [7, 11) is 0. The highest BCUT2D eigenvalue weighted by atomic mass is 14.7. The number of nitrogens with one attached hydrogen (secondary N) is 1. The first kappa shape index (κ1) is 8.88. The topological polar surface area (TPSA) is 36.2 Å². The molecule has 1 aliphatic rings. The number of hydrogen-bond acceptors (Lipinski definition) is 2. The Morgan fingerprint density at radius 3 is 2.57 bits per heavy atom. The summed E-state index contributed by atoms with van der Waals surface area (Å²) in [5.74, 6) is 0. The SMILES string of the molecule is N=Cc1ccc(C2=NC=CCC2)cc1. The van der Waals surface area contributed by atoms with Crippen LogP contribution >= 0.6 is 0 Å². The van der Waals surface area contributed by atoms with Crippen molar-refractivity contribution in [3.05, 3.63) is 47.7 Å². The Morgan fingerprint density at radius 1 is 1.21 bits per heavy atom. The Hall–Kier alpha value is -1.70. The number of hydrogen-bond donors (Lipinski definition) is 1. The summed E-state index contributed by atoms with van der Waals surface area (Å²) < 4.78 is 0. The lowest BCUT2D eigenvalue weighted by Gasteiger charge is -2.07. The van der Waals surface area contributed by atoms with Gasteiger partial charge in [-0.1, -0.05) is 30.3 Å². The molecule has 1 aliphatic heterocycles. The molecule has 1 heterocycles. The van der Waals surface area contributed by atoms with Gasteiger partial charge in [-0.05, 0) is 24.0 Å². The summed E-state index contributed by atoms with van der Waals surface area (Å²) in [6.45, 7) is 0. The maximum atomic E-state index is 7.09. The van der Waals surface area contributed by atoms with E-state index in [0.717, 1.165) is 24.1 Å². The Balaban J connectivity index is 2.28. The third-order valence-electron chi connectivity index (χ3n) is 2.29. The molecule has 1 aromatic carbocycles. The molecule has 1 N–H and O–H groups in total. The van der Waals surface area contributed by atoms with Crippen molar-refractivity contribution in [1.29, 1.82) is 5.41 Å². The van der Waals surface area contributed by atoms with Crippen molar-refractivity contribution in [1.82, 2.24) is 0 Å². The first-order valence-electron chi connectivity index (χ1n) is 4.73. The summed E-state index contributed by atoms with van der Waals surface area (Å²) in [4.78, 5) is 4.33. The lowest BCUT2D eigenvalue weighted by atomic mass is 10.0. The lowest BCUT2D eigenvalue weighted by Crippen LogP contribution is -2.02. The van der Waals surface area contributed by atoms with Gasteiger partial charge < -0.3 is 5.41 Å². The Morgan fingerprint density at radius 2 is 2.00 bits per heavy atom. The maximum absolute atomic E-state index is 7.09. The minimum Gasteiger partial charge on any atom is -0.308 e. The molecule has 0 bridgehead atoms. The first-order valence-corrected chi connectivity index (χ1v) is 4.73. The van der Waals surface area contributed by atoms with Crippen LogP contribution in [0.3, 0.4) is 0 Å². The van der Waals surface area contributed by atoms with Gasteiger partial charge in [0.1, 0.15) is 0 Å². The minimum atomic E-state index is 0.931. The van der Waals surface area contributed by atoms with E-state index < -0.39 is 0 Å². The second kappa shape index (κ2) is 4.01. The maximum Gasteiger partial charge on any atom is 0.0478 e. The molecule has 0 aliphatic carbocycles. The fraction of sp³-hybridized carbons (Fsp3) is 0.167. The quantitative estimate of drug-likeness (QED) is 0.686. The van der Waals surface area contributed by atoms with Crippen LogP contribution in [0.4, 0.5) is 0 Å². The molecule has 2 nitrogen and oxygen atoms in total. The van der Waals surface area contributed by atoms with Crippen LogP contribution < -0.4 is 0 Å². The van der Waals surface area contributed by atoms with E-state index in [9.17, 15) is 0 Å². The predicted octanol–water partition coefficient (Wildman–Crippen LogP) is 2.78. The molecule has 0 saturated carbocycles. The Bertz CT molecular complexity index is 385. The molecular formula is C12H12N2. The zero-order valence-corrected chi connectivity index (χ0v) is 7.90. The van der Waals surface area contributed by atoms with Gasteiger partial charge in [0.2, 0.25) is 0 Å². The molecule has 70 valence electrons. The highest BCUT2D eigenvalue weighted by molar-refractivity contribution is 6.01. The summed E-state index contributed by atoms with van der Waals surface area (Å²) in [5.41, 5.74) is 3.24. The number of benzene rings is 1. The second-order valence-corrected chi connectivity index (χ2v) is 3.27. The number of rotatable bonds is 2. The van der Waals surface area contributed by atoms with E-state index in [-0.39, 0.29) is 0 Å². The van der Waals surface area contributed by atoms with E-state index in [4.69, 9.17) is 5.41 Å². The third kappa shape index (κ3) is 1.79. The van der Waals surface area contributed by atoms with Crippen LogP contribution in [-0.2, 0) is 0 Å². The first-order chi connectivity index (χ1) is 6.90. The van der Waals surface area contributed by atoms with Gasteiger partial charge in [0.25, 0.3) is 0 Å². The fourth-order valence-electron chi connectivity index (χ4n) is 1.49. The molecule has 0 saturated heterocycles. The monoisotopic (exact) mass is 184 g/mol. The van der Waals surface area contributed by atoms with Crippen molar-refractivity contribution in [3.8, 4) is 0 Å². The van der Waals surface area contributed by atoms with Crippen LogP contribution in [0.1, 0.15) is 24.0 Å². The van der Waals surface area contributed by atoms with E-state index >= 15 is 0 Å². The zero-order valence-electron chi connectivity index (χ0n) is 7.90. The normalized spacial score (nSPS) is 15.0. The van der Waals surface area contributed by atoms with Crippen LogP contribution in [0, 0.1) is 5.41 Å². The van der Waals surface area contributed by atoms with Crippen molar-refractivity contribution in [2.45, 2.75) is 12.8 Å². The summed E-state index contributed by atoms with van der Waals surface area (Å²) in [6.07, 6.45) is 7.39. The highest BCUT2D eigenvalue weighted by Gasteiger charge is 2.03. The smallest absolute Gasteiger partial charge is 0.0478 e. The number of allylic oxidation sites excluding steroid dienone is 1. The largest absolute Gasteiger partial charge is 0.308 e. The molecule has 14 heavy (non-hydrogen) atoms. The molecule has 0 spiro atoms. The summed E-state index contributed by atoms with van der Waals surface area (Å²) in [5, 5.41) is 7.09. The Kier molecular flexibility index (Phi) is 2.54. The minimum absolute atomic E-state index is 0.931. The van der Waals surface area contributed by atoms with Gasteiger partial charge in [-0.2, -0.15) is 0 Å². The molecule has 0 amide bonds. The standard InChI is InChI=1S/C12H12N2/c13-9-10-4-6-11(7-5-10)12-3-1-2-8-14-12/h2,4-9,13H,1,3H2. The van der Waals surface area contributed by atoms with Crippen molar-refractivity contribution >= 4 is 11.9 Å². The molecule has 0 radical (unpaired) electrons. The van der Waals surface area contributed by atoms with Gasteiger partial charge in [-0.3, -0.25) is 4.99 Å². The van der Waals surface area contributed by atoms with Gasteiger partial charge in [-0.25, -0.2) is 0 Å². The molecule has 1 aromatic rings. The van der Waals surface area contributed by atoms with E-state index in [2.05, 4.69) is 11.1 Å². The van der Waals surface area contributed by atoms with Crippen molar-refractivity contribution < 1.29 is 0 Å². The lowest BCUT2D eigenvalue weighted by molar-refractivity contribution is 1.06. The van der Waals surface area contributed by atoms with Gasteiger partial charge in [0, 0.05) is 18.1 Å². The molecular weight excluding hydrogens is 172 g/mol. The molecule has 0 atom stereocenters. The van der Waals surface area contributed by atoms with Gasteiger partial charge in [0.05, 0.1) is 0 Å². The second-order valence-electron chi connectivity index (χ2n) is 3.27. The van der Waals surface area contributed by atoms with Crippen molar-refractivity contribution in [2.24, 2.45) is 4.99 Å². The van der Waals surface area contributed by atoms with Gasteiger partial charge in [0.15, 0.2) is 0 Å². The average Bonchev–Trinajstić information content (AvgIpc) is 2.30. The van der Waals surface area contributed by atoms with Crippen molar-refractivity contribution in [2.75, 3.05) is 0 Å². The third-order valence-corrected chi connectivity index (χ3v) is 2.29. The van der Waals surface area contributed by atoms with E-state index in [1.54, 1.807) is 0 Å². The average molecular weight is 184 g/mol.